The second-order valence-corrected chi connectivity index (χ2v) is 3.63. The van der Waals surface area contributed by atoms with Gasteiger partial charge in [0.05, 0.1) is 0 Å². The summed E-state index contributed by atoms with van der Waals surface area (Å²) in [6, 6.07) is 5.78. The zero-order chi connectivity index (χ0) is 11.3. The lowest BCUT2D eigenvalue weighted by molar-refractivity contribution is -0.128. The molecule has 1 aromatic heterocycles. The summed E-state index contributed by atoms with van der Waals surface area (Å²) in [6.07, 6.45) is 0.489. The maximum absolute atomic E-state index is 11.3. The number of anilines is 1. The van der Waals surface area contributed by atoms with E-state index in [0.29, 0.717) is 13.0 Å². The third-order valence-corrected chi connectivity index (χ3v) is 2.03. The molecule has 1 rings (SSSR count). The van der Waals surface area contributed by atoms with Crippen LogP contribution >= 0.6 is 0 Å². The normalized spacial score (nSPS) is 9.80. The van der Waals surface area contributed by atoms with Gasteiger partial charge in [-0.1, -0.05) is 6.07 Å². The lowest BCUT2D eigenvalue weighted by atomic mass is 10.3. The monoisotopic (exact) mass is 207 g/mol. The fourth-order valence-electron chi connectivity index (χ4n) is 1.16. The van der Waals surface area contributed by atoms with E-state index in [1.54, 1.807) is 19.0 Å². The largest absolute Gasteiger partial charge is 0.370 e. The molecule has 0 radical (unpaired) electrons. The molecule has 0 aliphatic heterocycles. The number of carbonyl (C=O) groups is 1. The average Bonchev–Trinajstić information content (AvgIpc) is 2.17. The molecule has 0 fully saturated rings. The van der Waals surface area contributed by atoms with E-state index in [0.717, 1.165) is 11.5 Å². The van der Waals surface area contributed by atoms with Gasteiger partial charge in [-0.3, -0.25) is 4.79 Å². The van der Waals surface area contributed by atoms with Crippen molar-refractivity contribution in [1.82, 2.24) is 9.88 Å². The van der Waals surface area contributed by atoms with E-state index >= 15 is 0 Å². The first-order valence-corrected chi connectivity index (χ1v) is 4.97. The summed E-state index contributed by atoms with van der Waals surface area (Å²) in [4.78, 5) is 17.1. The number of hydrogen-bond donors (Lipinski definition) is 1. The molecule has 0 unspecified atom stereocenters. The van der Waals surface area contributed by atoms with Crippen molar-refractivity contribution < 1.29 is 4.79 Å². The zero-order valence-electron chi connectivity index (χ0n) is 9.45. The van der Waals surface area contributed by atoms with Gasteiger partial charge >= 0.3 is 0 Å². The Hall–Kier alpha value is -1.58. The summed E-state index contributed by atoms with van der Waals surface area (Å²) in [7, 11) is 3.51. The van der Waals surface area contributed by atoms with E-state index in [4.69, 9.17) is 0 Å². The maximum atomic E-state index is 11.3. The summed E-state index contributed by atoms with van der Waals surface area (Å²) in [6.45, 7) is 2.56. The second kappa shape index (κ2) is 5.34. The van der Waals surface area contributed by atoms with Crippen LogP contribution in [0, 0.1) is 6.92 Å². The predicted molar refractivity (Wildman–Crippen MR) is 60.8 cm³/mol. The number of nitrogens with one attached hydrogen (secondary N) is 1. The van der Waals surface area contributed by atoms with Crippen molar-refractivity contribution in [3.05, 3.63) is 23.9 Å². The number of aryl methyl sites for hydroxylation is 1. The number of aromatic nitrogens is 1. The second-order valence-electron chi connectivity index (χ2n) is 3.63. The molecule has 0 saturated heterocycles. The minimum atomic E-state index is 0.121. The van der Waals surface area contributed by atoms with Gasteiger partial charge in [-0.2, -0.15) is 0 Å². The molecule has 1 heterocycles. The molecule has 15 heavy (non-hydrogen) atoms. The van der Waals surface area contributed by atoms with E-state index in [1.807, 2.05) is 25.1 Å². The Bertz CT molecular complexity index is 336. The Labute approximate surface area is 90.3 Å². The third-order valence-electron chi connectivity index (χ3n) is 2.03. The number of rotatable bonds is 4. The molecule has 0 spiro atoms. The van der Waals surface area contributed by atoms with Crippen LogP contribution in [0.5, 0.6) is 0 Å². The Morgan fingerprint density at radius 1 is 1.47 bits per heavy atom. The van der Waals surface area contributed by atoms with Gasteiger partial charge in [0.25, 0.3) is 0 Å². The van der Waals surface area contributed by atoms with E-state index < -0.39 is 0 Å². The molecular formula is C11H17N3O. The topological polar surface area (TPSA) is 45.2 Å². The van der Waals surface area contributed by atoms with Crippen LogP contribution in [0.25, 0.3) is 0 Å². The van der Waals surface area contributed by atoms with Gasteiger partial charge < -0.3 is 10.2 Å². The average molecular weight is 207 g/mol. The molecule has 0 aliphatic carbocycles. The van der Waals surface area contributed by atoms with Crippen molar-refractivity contribution in [2.45, 2.75) is 13.3 Å². The van der Waals surface area contributed by atoms with Crippen molar-refractivity contribution in [2.24, 2.45) is 0 Å². The van der Waals surface area contributed by atoms with Crippen LogP contribution in [0.3, 0.4) is 0 Å². The predicted octanol–water partition coefficient (Wildman–Crippen LogP) is 1.28. The quantitative estimate of drug-likeness (QED) is 0.809. The summed E-state index contributed by atoms with van der Waals surface area (Å²) < 4.78 is 0. The zero-order valence-corrected chi connectivity index (χ0v) is 9.45. The smallest absolute Gasteiger partial charge is 0.223 e. The van der Waals surface area contributed by atoms with Gasteiger partial charge in [0.2, 0.25) is 5.91 Å². The molecule has 1 aromatic rings. The number of pyridine rings is 1. The molecule has 0 bridgehead atoms. The van der Waals surface area contributed by atoms with Crippen LogP contribution in [-0.2, 0) is 4.79 Å². The highest BCUT2D eigenvalue weighted by atomic mass is 16.2. The molecule has 1 N–H and O–H groups in total. The van der Waals surface area contributed by atoms with Gasteiger partial charge in [0.15, 0.2) is 0 Å². The van der Waals surface area contributed by atoms with Gasteiger partial charge in [-0.15, -0.1) is 0 Å². The fourth-order valence-corrected chi connectivity index (χ4v) is 1.16. The Balaban J connectivity index is 2.35. The van der Waals surface area contributed by atoms with Gasteiger partial charge in [0.1, 0.15) is 5.82 Å². The number of nitrogens with zero attached hydrogens (tertiary/aromatic N) is 2. The fraction of sp³-hybridized carbons (Fsp3) is 0.455. The molecule has 82 valence electrons. The minimum absolute atomic E-state index is 0.121. The van der Waals surface area contributed by atoms with Crippen LogP contribution in [0.15, 0.2) is 18.2 Å². The standard InChI is InChI=1S/C11H17N3O/c1-9-5-4-6-10(13-9)12-8-7-11(15)14(2)3/h4-6H,7-8H2,1-3H3,(H,12,13). The lowest BCUT2D eigenvalue weighted by Crippen LogP contribution is -2.24. The van der Waals surface area contributed by atoms with Gasteiger partial charge in [0, 0.05) is 32.8 Å². The highest BCUT2D eigenvalue weighted by Gasteiger charge is 2.02. The molecule has 1 amide bonds. The van der Waals surface area contributed by atoms with Crippen LogP contribution in [-0.4, -0.2) is 36.4 Å². The lowest BCUT2D eigenvalue weighted by Gasteiger charge is -2.10. The van der Waals surface area contributed by atoms with Crippen molar-refractivity contribution >= 4 is 11.7 Å². The van der Waals surface area contributed by atoms with Crippen LogP contribution in [0.4, 0.5) is 5.82 Å². The molecule has 0 atom stereocenters. The van der Waals surface area contributed by atoms with Crippen LogP contribution < -0.4 is 5.32 Å². The number of carbonyl (C=O) groups excluding carboxylic acids is 1. The Morgan fingerprint density at radius 2 is 2.20 bits per heavy atom. The number of hydrogen-bond acceptors (Lipinski definition) is 3. The van der Waals surface area contributed by atoms with Gasteiger partial charge in [-0.05, 0) is 19.1 Å². The van der Waals surface area contributed by atoms with Crippen molar-refractivity contribution in [2.75, 3.05) is 26.0 Å². The molecule has 0 aliphatic rings. The van der Waals surface area contributed by atoms with Gasteiger partial charge in [-0.25, -0.2) is 4.98 Å². The third kappa shape index (κ3) is 3.97. The first-order valence-electron chi connectivity index (χ1n) is 4.97. The van der Waals surface area contributed by atoms with E-state index in [9.17, 15) is 4.79 Å². The molecule has 4 heteroatoms. The summed E-state index contributed by atoms with van der Waals surface area (Å²) >= 11 is 0. The summed E-state index contributed by atoms with van der Waals surface area (Å²) in [5.41, 5.74) is 0.971. The molecule has 4 nitrogen and oxygen atoms in total. The van der Waals surface area contributed by atoms with E-state index in [2.05, 4.69) is 10.3 Å². The van der Waals surface area contributed by atoms with E-state index in [1.165, 1.54) is 0 Å². The Kier molecular flexibility index (Phi) is 4.09. The summed E-state index contributed by atoms with van der Waals surface area (Å²) in [5, 5.41) is 3.11. The highest BCUT2D eigenvalue weighted by molar-refractivity contribution is 5.76. The molecule has 0 saturated carbocycles. The maximum Gasteiger partial charge on any atom is 0.223 e. The van der Waals surface area contributed by atoms with Crippen molar-refractivity contribution in [1.29, 1.82) is 0 Å². The van der Waals surface area contributed by atoms with Crippen LogP contribution in [0.1, 0.15) is 12.1 Å². The molecule has 0 aromatic carbocycles. The highest BCUT2D eigenvalue weighted by Crippen LogP contribution is 2.03. The van der Waals surface area contributed by atoms with Crippen molar-refractivity contribution in [3.8, 4) is 0 Å². The Morgan fingerprint density at radius 3 is 2.80 bits per heavy atom. The van der Waals surface area contributed by atoms with Crippen LogP contribution in [0.2, 0.25) is 0 Å². The number of amides is 1. The first-order chi connectivity index (χ1) is 7.09. The molecular weight excluding hydrogens is 190 g/mol. The summed E-state index contributed by atoms with van der Waals surface area (Å²) in [5.74, 6) is 0.941. The SMILES string of the molecule is Cc1cccc(NCCC(=O)N(C)C)n1. The van der Waals surface area contributed by atoms with E-state index in [-0.39, 0.29) is 5.91 Å². The van der Waals surface area contributed by atoms with Crippen molar-refractivity contribution in [3.63, 3.8) is 0 Å². The minimum Gasteiger partial charge on any atom is -0.370 e. The first kappa shape index (κ1) is 11.5.